The zero-order valence-corrected chi connectivity index (χ0v) is 12.4. The number of nitrogens with zero attached hydrogens (tertiary/aromatic N) is 1. The molecule has 2 heterocycles. The maximum absolute atomic E-state index is 12.2. The van der Waals surface area contributed by atoms with Gasteiger partial charge in [0.25, 0.3) is 5.91 Å². The number of hydrogen-bond donors (Lipinski definition) is 3. The third-order valence-corrected chi connectivity index (χ3v) is 4.48. The first-order chi connectivity index (χ1) is 10.8. The lowest BCUT2D eigenvalue weighted by Gasteiger charge is -2.22. The molecule has 1 aromatic carbocycles. The van der Waals surface area contributed by atoms with Crippen LogP contribution >= 0.6 is 0 Å². The van der Waals surface area contributed by atoms with E-state index >= 15 is 0 Å². The summed E-state index contributed by atoms with van der Waals surface area (Å²) in [5.74, 6) is 1.54. The Bertz CT molecular complexity index is 687. The van der Waals surface area contributed by atoms with E-state index in [9.17, 15) is 4.79 Å². The second-order valence-corrected chi connectivity index (χ2v) is 6.03. The molecule has 116 valence electrons. The molecule has 1 aliphatic carbocycles. The van der Waals surface area contributed by atoms with E-state index in [0.29, 0.717) is 19.1 Å². The molecule has 3 N–H and O–H groups in total. The highest BCUT2D eigenvalue weighted by molar-refractivity contribution is 5.96. The average molecular weight is 300 g/mol. The highest BCUT2D eigenvalue weighted by Crippen LogP contribution is 2.35. The molecule has 1 amide bonds. The van der Waals surface area contributed by atoms with Crippen molar-refractivity contribution in [2.45, 2.75) is 31.3 Å². The van der Waals surface area contributed by atoms with Crippen LogP contribution in [0.5, 0.6) is 0 Å². The second kappa shape index (κ2) is 5.70. The van der Waals surface area contributed by atoms with Crippen LogP contribution in [0, 0.1) is 0 Å². The highest BCUT2D eigenvalue weighted by atomic mass is 16.5. The molecule has 0 bridgehead atoms. The summed E-state index contributed by atoms with van der Waals surface area (Å²) in [7, 11) is 0. The van der Waals surface area contributed by atoms with Gasteiger partial charge in [0.15, 0.2) is 0 Å². The van der Waals surface area contributed by atoms with Crippen LogP contribution < -0.4 is 10.6 Å². The number of anilines is 1. The smallest absolute Gasteiger partial charge is 0.254 e. The van der Waals surface area contributed by atoms with Gasteiger partial charge in [-0.2, -0.15) is 0 Å². The monoisotopic (exact) mass is 300 g/mol. The number of hydrogen-bond acceptors (Lipinski definition) is 4. The minimum absolute atomic E-state index is 0.106. The van der Waals surface area contributed by atoms with Gasteiger partial charge < -0.3 is 20.4 Å². The van der Waals surface area contributed by atoms with Gasteiger partial charge in [-0.1, -0.05) is 6.42 Å². The standard InChI is InChI=1S/C16H20N4O2/c21-16(14-9-17-6-7-22-14)18-11-4-5-12-13(8-11)20-15(19-12)10-2-1-3-10/h4-5,8,10,14,17H,1-3,6-7,9H2,(H,18,21)(H,19,20). The van der Waals surface area contributed by atoms with Gasteiger partial charge in [-0.25, -0.2) is 4.98 Å². The lowest BCUT2D eigenvalue weighted by atomic mass is 9.85. The zero-order chi connectivity index (χ0) is 14.9. The Morgan fingerprint density at radius 3 is 3.00 bits per heavy atom. The summed E-state index contributed by atoms with van der Waals surface area (Å²) >= 11 is 0. The molecule has 4 rings (SSSR count). The van der Waals surface area contributed by atoms with E-state index < -0.39 is 6.10 Å². The van der Waals surface area contributed by atoms with Crippen LogP contribution in [0.15, 0.2) is 18.2 Å². The van der Waals surface area contributed by atoms with Gasteiger partial charge >= 0.3 is 0 Å². The quantitative estimate of drug-likeness (QED) is 0.807. The molecule has 22 heavy (non-hydrogen) atoms. The van der Waals surface area contributed by atoms with Crippen molar-refractivity contribution in [3.05, 3.63) is 24.0 Å². The van der Waals surface area contributed by atoms with Gasteiger partial charge in [0.05, 0.1) is 17.6 Å². The summed E-state index contributed by atoms with van der Waals surface area (Å²) < 4.78 is 5.46. The molecular weight excluding hydrogens is 280 g/mol. The Labute approximate surface area is 128 Å². The number of aromatic nitrogens is 2. The van der Waals surface area contributed by atoms with Crippen LogP contribution in [-0.2, 0) is 9.53 Å². The topological polar surface area (TPSA) is 79.0 Å². The van der Waals surface area contributed by atoms with Crippen LogP contribution in [0.25, 0.3) is 11.0 Å². The van der Waals surface area contributed by atoms with Gasteiger partial charge in [-0.3, -0.25) is 4.79 Å². The molecule has 6 heteroatoms. The van der Waals surface area contributed by atoms with E-state index in [4.69, 9.17) is 4.74 Å². The predicted octanol–water partition coefficient (Wildman–Crippen LogP) is 1.76. The second-order valence-electron chi connectivity index (χ2n) is 6.03. The molecular formula is C16H20N4O2. The molecule has 6 nitrogen and oxygen atoms in total. The summed E-state index contributed by atoms with van der Waals surface area (Å²) in [6, 6.07) is 5.78. The molecule has 1 atom stereocenters. The average Bonchev–Trinajstić information content (AvgIpc) is 2.88. The molecule has 1 aliphatic heterocycles. The van der Waals surface area contributed by atoms with Crippen LogP contribution in [-0.4, -0.2) is 41.7 Å². The van der Waals surface area contributed by atoms with Crippen molar-refractivity contribution in [1.29, 1.82) is 0 Å². The van der Waals surface area contributed by atoms with Crippen molar-refractivity contribution in [2.75, 3.05) is 25.0 Å². The van der Waals surface area contributed by atoms with Gasteiger partial charge in [0.2, 0.25) is 0 Å². The maximum atomic E-state index is 12.2. The van der Waals surface area contributed by atoms with E-state index in [0.717, 1.165) is 29.1 Å². The van der Waals surface area contributed by atoms with Crippen molar-refractivity contribution < 1.29 is 9.53 Å². The molecule has 1 unspecified atom stereocenters. The molecule has 1 saturated heterocycles. The molecule has 0 radical (unpaired) electrons. The zero-order valence-electron chi connectivity index (χ0n) is 12.4. The number of nitrogens with one attached hydrogen (secondary N) is 3. The van der Waals surface area contributed by atoms with Crippen molar-refractivity contribution in [3.63, 3.8) is 0 Å². The van der Waals surface area contributed by atoms with Crippen molar-refractivity contribution in [3.8, 4) is 0 Å². The Balaban J connectivity index is 1.50. The number of carbonyl (C=O) groups is 1. The number of H-pyrrole nitrogens is 1. The summed E-state index contributed by atoms with van der Waals surface area (Å²) in [4.78, 5) is 20.2. The van der Waals surface area contributed by atoms with Gasteiger partial charge in [0.1, 0.15) is 11.9 Å². The van der Waals surface area contributed by atoms with Gasteiger partial charge in [0, 0.05) is 24.7 Å². The Morgan fingerprint density at radius 1 is 1.36 bits per heavy atom. The van der Waals surface area contributed by atoms with Crippen LogP contribution in [0.2, 0.25) is 0 Å². The maximum Gasteiger partial charge on any atom is 0.254 e. The summed E-state index contributed by atoms with van der Waals surface area (Å²) in [5, 5.41) is 6.08. The molecule has 2 aromatic rings. The fraction of sp³-hybridized carbons (Fsp3) is 0.500. The minimum Gasteiger partial charge on any atom is -0.366 e. The van der Waals surface area contributed by atoms with E-state index in [-0.39, 0.29) is 5.91 Å². The van der Waals surface area contributed by atoms with E-state index in [1.54, 1.807) is 0 Å². The lowest BCUT2D eigenvalue weighted by Crippen LogP contribution is -2.45. The minimum atomic E-state index is -0.420. The number of ether oxygens (including phenoxy) is 1. The van der Waals surface area contributed by atoms with Gasteiger partial charge in [-0.05, 0) is 31.0 Å². The summed E-state index contributed by atoms with van der Waals surface area (Å²) in [6.45, 7) is 1.93. The highest BCUT2D eigenvalue weighted by Gasteiger charge is 2.23. The largest absolute Gasteiger partial charge is 0.366 e. The number of imidazole rings is 1. The van der Waals surface area contributed by atoms with E-state index in [1.165, 1.54) is 19.3 Å². The molecule has 1 aromatic heterocycles. The third kappa shape index (κ3) is 2.60. The van der Waals surface area contributed by atoms with Crippen molar-refractivity contribution in [1.82, 2.24) is 15.3 Å². The van der Waals surface area contributed by atoms with Crippen LogP contribution in [0.1, 0.15) is 31.0 Å². The SMILES string of the molecule is O=C(Nc1ccc2nc(C3CCC3)[nH]c2c1)C1CNCCO1. The number of carbonyl (C=O) groups excluding carboxylic acids is 1. The van der Waals surface area contributed by atoms with E-state index in [2.05, 4.69) is 20.6 Å². The van der Waals surface area contributed by atoms with Crippen molar-refractivity contribution in [2.24, 2.45) is 0 Å². The molecule has 1 saturated carbocycles. The first-order valence-electron chi connectivity index (χ1n) is 7.92. The Morgan fingerprint density at radius 2 is 2.27 bits per heavy atom. The Kier molecular flexibility index (Phi) is 3.56. The fourth-order valence-electron chi connectivity index (χ4n) is 2.94. The fourth-order valence-corrected chi connectivity index (χ4v) is 2.94. The molecule has 2 fully saturated rings. The molecule has 0 spiro atoms. The number of rotatable bonds is 3. The Hall–Kier alpha value is -1.92. The van der Waals surface area contributed by atoms with Crippen LogP contribution in [0.3, 0.4) is 0 Å². The first kappa shape index (κ1) is 13.7. The third-order valence-electron chi connectivity index (χ3n) is 4.48. The summed E-state index contributed by atoms with van der Waals surface area (Å²) in [5.41, 5.74) is 2.70. The number of amides is 1. The normalized spacial score (nSPS) is 22.5. The number of benzene rings is 1. The number of aromatic amines is 1. The first-order valence-corrected chi connectivity index (χ1v) is 7.92. The molecule has 2 aliphatic rings. The van der Waals surface area contributed by atoms with Crippen LogP contribution in [0.4, 0.5) is 5.69 Å². The van der Waals surface area contributed by atoms with Gasteiger partial charge in [-0.15, -0.1) is 0 Å². The predicted molar refractivity (Wildman–Crippen MR) is 83.9 cm³/mol. The number of morpholine rings is 1. The number of fused-ring (bicyclic) bond motifs is 1. The summed E-state index contributed by atoms with van der Waals surface area (Å²) in [6.07, 6.45) is 3.31. The van der Waals surface area contributed by atoms with E-state index in [1.807, 2.05) is 18.2 Å². The van der Waals surface area contributed by atoms with Crippen molar-refractivity contribution >= 4 is 22.6 Å². The lowest BCUT2D eigenvalue weighted by molar-refractivity contribution is -0.128.